The Labute approximate surface area is 161 Å². The van der Waals surface area contributed by atoms with Gasteiger partial charge in [-0.25, -0.2) is 9.78 Å². The van der Waals surface area contributed by atoms with Crippen LogP contribution in [0.4, 0.5) is 5.69 Å². The molecule has 0 unspecified atom stereocenters. The summed E-state index contributed by atoms with van der Waals surface area (Å²) in [5, 5.41) is 0. The van der Waals surface area contributed by atoms with Crippen LogP contribution in [-0.2, 0) is 13.0 Å². The van der Waals surface area contributed by atoms with E-state index in [2.05, 4.69) is 46.1 Å². The Hall–Kier alpha value is -3.48. The molecular weight excluding hydrogens is 354 g/mol. The lowest BCUT2D eigenvalue weighted by Gasteiger charge is -2.17. The third kappa shape index (κ3) is 3.26. The SMILES string of the molecule is Cc1ccc(CCCn2c3nc(=O)[nH]c(=O)c-3nc3cc(C)c(N)cc32)cc1. The lowest BCUT2D eigenvalue weighted by atomic mass is 10.1. The summed E-state index contributed by atoms with van der Waals surface area (Å²) < 4.78 is 1.87. The van der Waals surface area contributed by atoms with E-state index in [1.807, 2.05) is 23.6 Å². The highest BCUT2D eigenvalue weighted by Gasteiger charge is 2.19. The fourth-order valence-electron chi connectivity index (χ4n) is 3.38. The molecule has 7 nitrogen and oxygen atoms in total. The quantitative estimate of drug-likeness (QED) is 0.421. The first-order valence-corrected chi connectivity index (χ1v) is 9.18. The van der Waals surface area contributed by atoms with E-state index >= 15 is 0 Å². The van der Waals surface area contributed by atoms with E-state index in [9.17, 15) is 9.59 Å². The Bertz CT molecular complexity index is 1250. The molecule has 4 rings (SSSR count). The number of H-pyrrole nitrogens is 1. The van der Waals surface area contributed by atoms with E-state index in [4.69, 9.17) is 5.73 Å². The van der Waals surface area contributed by atoms with Crippen molar-refractivity contribution >= 4 is 16.7 Å². The van der Waals surface area contributed by atoms with Gasteiger partial charge in [0.1, 0.15) is 0 Å². The van der Waals surface area contributed by atoms with Gasteiger partial charge < -0.3 is 10.3 Å². The Morgan fingerprint density at radius 2 is 1.82 bits per heavy atom. The highest BCUT2D eigenvalue weighted by atomic mass is 16.2. The molecule has 0 aromatic heterocycles. The van der Waals surface area contributed by atoms with Crippen LogP contribution in [0.15, 0.2) is 46.0 Å². The summed E-state index contributed by atoms with van der Waals surface area (Å²) in [5.74, 6) is 0.286. The number of hydrogen-bond acceptors (Lipinski definition) is 5. The number of aromatic nitrogens is 4. The van der Waals surface area contributed by atoms with Gasteiger partial charge in [0.25, 0.3) is 5.56 Å². The van der Waals surface area contributed by atoms with Crippen molar-refractivity contribution in [1.29, 1.82) is 0 Å². The normalized spacial score (nSPS) is 11.4. The molecule has 7 heteroatoms. The number of anilines is 1. The molecule has 0 amide bonds. The Kier molecular flexibility index (Phi) is 4.43. The van der Waals surface area contributed by atoms with Gasteiger partial charge in [-0.15, -0.1) is 0 Å². The molecule has 3 N–H and O–H groups in total. The maximum Gasteiger partial charge on any atom is 0.349 e. The molecule has 0 radical (unpaired) electrons. The van der Waals surface area contributed by atoms with Gasteiger partial charge in [-0.05, 0) is 49.9 Å². The topological polar surface area (TPSA) is 107 Å². The van der Waals surface area contributed by atoms with Crippen molar-refractivity contribution < 1.29 is 0 Å². The number of aromatic amines is 1. The maximum absolute atomic E-state index is 12.3. The predicted octanol–water partition coefficient (Wildman–Crippen LogP) is 2.42. The zero-order valence-corrected chi connectivity index (χ0v) is 15.8. The number of hydrogen-bond donors (Lipinski definition) is 2. The minimum atomic E-state index is -0.675. The molecule has 2 aliphatic heterocycles. The third-order valence-corrected chi connectivity index (χ3v) is 4.96. The van der Waals surface area contributed by atoms with Crippen LogP contribution in [0.25, 0.3) is 22.6 Å². The van der Waals surface area contributed by atoms with Crippen LogP contribution in [0.1, 0.15) is 23.1 Å². The zero-order chi connectivity index (χ0) is 19.8. The molecular formula is C21H21N5O2. The van der Waals surface area contributed by atoms with Gasteiger partial charge in [-0.3, -0.25) is 9.78 Å². The smallest absolute Gasteiger partial charge is 0.349 e. The Balaban J connectivity index is 1.81. The molecule has 0 bridgehead atoms. The molecule has 2 heterocycles. The summed E-state index contributed by atoms with van der Waals surface area (Å²) in [6.07, 6.45) is 1.69. The van der Waals surface area contributed by atoms with E-state index < -0.39 is 11.2 Å². The van der Waals surface area contributed by atoms with Crippen molar-refractivity contribution in [3.63, 3.8) is 0 Å². The minimum Gasteiger partial charge on any atom is -0.398 e. The number of nitrogens with one attached hydrogen (secondary N) is 1. The Morgan fingerprint density at radius 1 is 1.07 bits per heavy atom. The molecule has 28 heavy (non-hydrogen) atoms. The van der Waals surface area contributed by atoms with Crippen LogP contribution in [0.5, 0.6) is 0 Å². The molecule has 0 fully saturated rings. The molecule has 0 aliphatic carbocycles. The van der Waals surface area contributed by atoms with Crippen LogP contribution in [0.3, 0.4) is 0 Å². The van der Waals surface area contributed by atoms with Gasteiger partial charge >= 0.3 is 5.69 Å². The fraction of sp³-hybridized carbons (Fsp3) is 0.238. The lowest BCUT2D eigenvalue weighted by Crippen LogP contribution is -2.29. The fourth-order valence-corrected chi connectivity index (χ4v) is 3.38. The summed E-state index contributed by atoms with van der Waals surface area (Å²) >= 11 is 0. The van der Waals surface area contributed by atoms with E-state index in [1.54, 1.807) is 0 Å². The molecule has 0 saturated carbocycles. The van der Waals surface area contributed by atoms with Crippen LogP contribution in [0.2, 0.25) is 0 Å². The summed E-state index contributed by atoms with van der Waals surface area (Å²) in [7, 11) is 0. The highest BCUT2D eigenvalue weighted by molar-refractivity contribution is 5.83. The van der Waals surface area contributed by atoms with Gasteiger partial charge in [0, 0.05) is 12.2 Å². The molecule has 2 aromatic carbocycles. The first kappa shape index (κ1) is 17.9. The second-order valence-corrected chi connectivity index (χ2v) is 7.09. The largest absolute Gasteiger partial charge is 0.398 e. The Morgan fingerprint density at radius 3 is 2.57 bits per heavy atom. The number of benzene rings is 2. The first-order chi connectivity index (χ1) is 13.4. The van der Waals surface area contributed by atoms with Crippen molar-refractivity contribution in [3.8, 4) is 11.5 Å². The average Bonchev–Trinajstić information content (AvgIpc) is 2.65. The van der Waals surface area contributed by atoms with Gasteiger partial charge in [-0.1, -0.05) is 29.8 Å². The van der Waals surface area contributed by atoms with Crippen LogP contribution < -0.4 is 17.0 Å². The van der Waals surface area contributed by atoms with Crippen molar-refractivity contribution in [3.05, 3.63) is 73.9 Å². The molecule has 0 saturated heterocycles. The summed E-state index contributed by atoms with van der Waals surface area (Å²) in [4.78, 5) is 34.7. The lowest BCUT2D eigenvalue weighted by molar-refractivity contribution is 0.649. The molecule has 2 aliphatic rings. The molecule has 142 valence electrons. The summed E-state index contributed by atoms with van der Waals surface area (Å²) in [6.45, 7) is 4.54. The van der Waals surface area contributed by atoms with Gasteiger partial charge in [-0.2, -0.15) is 4.98 Å². The van der Waals surface area contributed by atoms with E-state index in [-0.39, 0.29) is 11.5 Å². The van der Waals surface area contributed by atoms with Crippen LogP contribution >= 0.6 is 0 Å². The van der Waals surface area contributed by atoms with E-state index in [0.29, 0.717) is 17.7 Å². The standard InChI is InChI=1S/C21H21N5O2/c1-12-5-7-14(8-6-12)4-3-9-26-17-11-15(22)13(2)10-16(17)23-18-19(26)24-21(28)25-20(18)27/h5-8,10-11H,3-4,9,22H2,1-2H3,(H,25,27,28). The molecule has 0 atom stereocenters. The maximum atomic E-state index is 12.3. The number of fused-ring (bicyclic) bond motifs is 2. The van der Waals surface area contributed by atoms with Crippen LogP contribution in [0, 0.1) is 13.8 Å². The molecule has 0 spiro atoms. The van der Waals surface area contributed by atoms with Gasteiger partial charge in [0.05, 0.1) is 11.0 Å². The predicted molar refractivity (Wildman–Crippen MR) is 110 cm³/mol. The molecule has 2 aromatic rings. The summed E-state index contributed by atoms with van der Waals surface area (Å²) in [5.41, 5.74) is 10.4. The second kappa shape index (κ2) is 6.92. The van der Waals surface area contributed by atoms with Crippen molar-refractivity contribution in [2.75, 3.05) is 5.73 Å². The van der Waals surface area contributed by atoms with Gasteiger partial charge in [0.2, 0.25) is 0 Å². The van der Waals surface area contributed by atoms with Gasteiger partial charge in [0.15, 0.2) is 11.5 Å². The third-order valence-electron chi connectivity index (χ3n) is 4.96. The number of nitrogens with two attached hydrogens (primary N) is 1. The minimum absolute atomic E-state index is 0.159. The first-order valence-electron chi connectivity index (χ1n) is 9.18. The van der Waals surface area contributed by atoms with Crippen LogP contribution in [-0.4, -0.2) is 19.5 Å². The van der Waals surface area contributed by atoms with Crippen molar-refractivity contribution in [2.45, 2.75) is 33.2 Å². The number of rotatable bonds is 4. The summed E-state index contributed by atoms with van der Waals surface area (Å²) in [6, 6.07) is 12.1. The van der Waals surface area contributed by atoms with Crippen molar-refractivity contribution in [1.82, 2.24) is 19.5 Å². The number of nitrogen functional groups attached to an aromatic ring is 1. The second-order valence-electron chi connectivity index (χ2n) is 7.09. The van der Waals surface area contributed by atoms with Crippen molar-refractivity contribution in [2.24, 2.45) is 0 Å². The average molecular weight is 375 g/mol. The number of aryl methyl sites for hydroxylation is 4. The monoisotopic (exact) mass is 375 g/mol. The zero-order valence-electron chi connectivity index (χ0n) is 15.8. The highest BCUT2D eigenvalue weighted by Crippen LogP contribution is 2.25. The number of nitrogens with zero attached hydrogens (tertiary/aromatic N) is 3. The van der Waals surface area contributed by atoms with E-state index in [0.717, 1.165) is 23.9 Å². The van der Waals surface area contributed by atoms with E-state index in [1.165, 1.54) is 11.1 Å².